The average molecular weight is 346 g/mol. The van der Waals surface area contributed by atoms with E-state index in [1.54, 1.807) is 13.2 Å². The van der Waals surface area contributed by atoms with E-state index in [1.807, 2.05) is 49.6 Å². The second-order valence-corrected chi connectivity index (χ2v) is 6.70. The number of carbonyl (C=O) groups is 2. The number of para-hydroxylation sites is 1. The van der Waals surface area contributed by atoms with E-state index >= 15 is 0 Å². The monoisotopic (exact) mass is 346 g/mol. The minimum atomic E-state index is -0.616. The molecule has 2 amide bonds. The molecule has 2 rings (SSSR count). The molecule has 0 aliphatic heterocycles. The van der Waals surface area contributed by atoms with Crippen LogP contribution in [0.1, 0.15) is 29.1 Å². The number of hydrogen-bond acceptors (Lipinski definition) is 4. The molecule has 0 bridgehead atoms. The van der Waals surface area contributed by atoms with Crippen LogP contribution in [0, 0.1) is 5.92 Å². The lowest BCUT2D eigenvalue weighted by Crippen LogP contribution is -2.47. The Labute approximate surface area is 146 Å². The van der Waals surface area contributed by atoms with Crippen molar-refractivity contribution in [3.8, 4) is 0 Å². The molecule has 5 nitrogen and oxygen atoms in total. The summed E-state index contributed by atoms with van der Waals surface area (Å²) in [6.07, 6.45) is 0. The third-order valence-electron chi connectivity index (χ3n) is 3.56. The number of nitrogens with one attached hydrogen (secondary N) is 2. The number of benzene rings is 1. The maximum absolute atomic E-state index is 12.7. The second kappa shape index (κ2) is 8.61. The highest BCUT2D eigenvalue weighted by Crippen LogP contribution is 2.17. The first-order valence-electron chi connectivity index (χ1n) is 7.75. The number of carbonyl (C=O) groups excluding carboxylic acids is 2. The molecule has 0 aliphatic rings. The summed E-state index contributed by atoms with van der Waals surface area (Å²) in [5, 5.41) is 7.55. The van der Waals surface area contributed by atoms with Gasteiger partial charge in [-0.2, -0.15) is 0 Å². The van der Waals surface area contributed by atoms with E-state index in [0.29, 0.717) is 17.2 Å². The van der Waals surface area contributed by atoms with E-state index in [4.69, 9.17) is 4.74 Å². The molecule has 24 heavy (non-hydrogen) atoms. The number of rotatable bonds is 7. The Morgan fingerprint density at radius 1 is 1.17 bits per heavy atom. The average Bonchev–Trinajstić information content (AvgIpc) is 3.08. The predicted molar refractivity (Wildman–Crippen MR) is 96.2 cm³/mol. The van der Waals surface area contributed by atoms with Gasteiger partial charge >= 0.3 is 0 Å². The Bertz CT molecular complexity index is 683. The minimum absolute atomic E-state index is 0.0384. The van der Waals surface area contributed by atoms with E-state index in [0.717, 1.165) is 5.56 Å². The van der Waals surface area contributed by atoms with Crippen molar-refractivity contribution in [2.24, 2.45) is 5.92 Å². The first-order valence-corrected chi connectivity index (χ1v) is 8.63. The van der Waals surface area contributed by atoms with E-state index in [9.17, 15) is 9.59 Å². The fourth-order valence-electron chi connectivity index (χ4n) is 2.29. The molecular formula is C18H22N2O3S. The number of methoxy groups -OCH3 is 1. The lowest BCUT2D eigenvalue weighted by atomic mass is 10.0. The van der Waals surface area contributed by atoms with Crippen LogP contribution < -0.4 is 10.6 Å². The highest BCUT2D eigenvalue weighted by atomic mass is 32.1. The van der Waals surface area contributed by atoms with Crippen molar-refractivity contribution in [1.29, 1.82) is 0 Å². The van der Waals surface area contributed by atoms with Crippen LogP contribution in [-0.4, -0.2) is 25.0 Å². The first-order chi connectivity index (χ1) is 11.5. The maximum Gasteiger partial charge on any atom is 0.262 e. The lowest BCUT2D eigenvalue weighted by molar-refractivity contribution is -0.118. The SMILES string of the molecule is COCc1ccccc1NC(=O)C(NC(=O)c1cccs1)C(C)C. The lowest BCUT2D eigenvalue weighted by Gasteiger charge is -2.22. The van der Waals surface area contributed by atoms with Gasteiger partial charge in [-0.1, -0.05) is 38.1 Å². The second-order valence-electron chi connectivity index (χ2n) is 5.75. The van der Waals surface area contributed by atoms with Crippen LogP contribution in [0.15, 0.2) is 41.8 Å². The smallest absolute Gasteiger partial charge is 0.262 e. The molecule has 0 spiro atoms. The van der Waals surface area contributed by atoms with Crippen molar-refractivity contribution in [3.05, 3.63) is 52.2 Å². The summed E-state index contributed by atoms with van der Waals surface area (Å²) in [7, 11) is 1.61. The van der Waals surface area contributed by atoms with Crippen LogP contribution in [0.4, 0.5) is 5.69 Å². The van der Waals surface area contributed by atoms with Crippen LogP contribution in [0.2, 0.25) is 0 Å². The quantitative estimate of drug-likeness (QED) is 0.808. The molecule has 0 radical (unpaired) electrons. The molecule has 2 N–H and O–H groups in total. The van der Waals surface area contributed by atoms with Crippen LogP contribution in [-0.2, 0) is 16.1 Å². The molecule has 128 valence electrons. The van der Waals surface area contributed by atoms with E-state index in [-0.39, 0.29) is 17.7 Å². The molecule has 1 heterocycles. The molecule has 1 unspecified atom stereocenters. The molecule has 0 aliphatic carbocycles. The molecule has 2 aromatic rings. The molecule has 0 saturated carbocycles. The zero-order chi connectivity index (χ0) is 17.5. The third-order valence-corrected chi connectivity index (χ3v) is 4.42. The van der Waals surface area contributed by atoms with Crippen LogP contribution in [0.3, 0.4) is 0 Å². The van der Waals surface area contributed by atoms with Gasteiger partial charge in [0.1, 0.15) is 6.04 Å². The summed E-state index contributed by atoms with van der Waals surface area (Å²) < 4.78 is 5.15. The van der Waals surface area contributed by atoms with Crippen LogP contribution in [0.25, 0.3) is 0 Å². The molecule has 1 aromatic heterocycles. The number of ether oxygens (including phenoxy) is 1. The van der Waals surface area contributed by atoms with Gasteiger partial charge in [0.15, 0.2) is 0 Å². The number of anilines is 1. The summed E-state index contributed by atoms with van der Waals surface area (Å²) in [5.41, 5.74) is 1.58. The fourth-order valence-corrected chi connectivity index (χ4v) is 2.92. The molecule has 6 heteroatoms. The van der Waals surface area contributed by atoms with E-state index < -0.39 is 6.04 Å². The van der Waals surface area contributed by atoms with Gasteiger partial charge in [0.2, 0.25) is 5.91 Å². The van der Waals surface area contributed by atoms with Crippen molar-refractivity contribution in [2.75, 3.05) is 12.4 Å². The van der Waals surface area contributed by atoms with Crippen molar-refractivity contribution in [2.45, 2.75) is 26.5 Å². The topological polar surface area (TPSA) is 67.4 Å². The van der Waals surface area contributed by atoms with Crippen molar-refractivity contribution >= 4 is 28.8 Å². The molecule has 1 atom stereocenters. The Morgan fingerprint density at radius 2 is 1.92 bits per heavy atom. The summed E-state index contributed by atoms with van der Waals surface area (Å²) in [6, 6.07) is 10.4. The summed E-state index contributed by atoms with van der Waals surface area (Å²) in [4.78, 5) is 25.5. The highest BCUT2D eigenvalue weighted by Gasteiger charge is 2.25. The maximum atomic E-state index is 12.7. The van der Waals surface area contributed by atoms with Gasteiger partial charge in [0.25, 0.3) is 5.91 Å². The van der Waals surface area contributed by atoms with Gasteiger partial charge in [-0.15, -0.1) is 11.3 Å². The Kier molecular flexibility index (Phi) is 6.52. The number of hydrogen-bond donors (Lipinski definition) is 2. The third kappa shape index (κ3) is 4.66. The fraction of sp³-hybridized carbons (Fsp3) is 0.333. The van der Waals surface area contributed by atoms with Gasteiger partial charge in [0.05, 0.1) is 11.5 Å². The van der Waals surface area contributed by atoms with Gasteiger partial charge < -0.3 is 15.4 Å². The van der Waals surface area contributed by atoms with Crippen molar-refractivity contribution in [1.82, 2.24) is 5.32 Å². The van der Waals surface area contributed by atoms with Gasteiger partial charge in [-0.25, -0.2) is 0 Å². The summed E-state index contributed by atoms with van der Waals surface area (Å²) in [5.74, 6) is -0.508. The van der Waals surface area contributed by atoms with E-state index in [2.05, 4.69) is 10.6 Å². The first kappa shape index (κ1) is 18.2. The van der Waals surface area contributed by atoms with Gasteiger partial charge in [-0.3, -0.25) is 9.59 Å². The minimum Gasteiger partial charge on any atom is -0.380 e. The standard InChI is InChI=1S/C18H22N2O3S/c1-12(2)16(20-17(21)15-9-6-10-24-15)18(22)19-14-8-5-4-7-13(14)11-23-3/h4-10,12,16H,11H2,1-3H3,(H,19,22)(H,20,21). The predicted octanol–water partition coefficient (Wildman–Crippen LogP) is 3.29. The van der Waals surface area contributed by atoms with E-state index in [1.165, 1.54) is 11.3 Å². The van der Waals surface area contributed by atoms with Gasteiger partial charge in [-0.05, 0) is 23.4 Å². The molecule has 0 fully saturated rings. The molecular weight excluding hydrogens is 324 g/mol. The molecule has 1 aromatic carbocycles. The Hall–Kier alpha value is -2.18. The van der Waals surface area contributed by atoms with Gasteiger partial charge in [0, 0.05) is 18.4 Å². The Balaban J connectivity index is 2.11. The summed E-state index contributed by atoms with van der Waals surface area (Å²) >= 11 is 1.35. The summed E-state index contributed by atoms with van der Waals surface area (Å²) in [6.45, 7) is 4.21. The number of amides is 2. The largest absolute Gasteiger partial charge is 0.380 e. The Morgan fingerprint density at radius 3 is 2.54 bits per heavy atom. The van der Waals surface area contributed by atoms with Crippen LogP contribution >= 0.6 is 11.3 Å². The van der Waals surface area contributed by atoms with Crippen molar-refractivity contribution in [3.63, 3.8) is 0 Å². The molecule has 0 saturated heterocycles. The number of thiophene rings is 1. The zero-order valence-corrected chi connectivity index (χ0v) is 14.9. The van der Waals surface area contributed by atoms with Crippen molar-refractivity contribution < 1.29 is 14.3 Å². The zero-order valence-electron chi connectivity index (χ0n) is 14.0. The highest BCUT2D eigenvalue weighted by molar-refractivity contribution is 7.12. The van der Waals surface area contributed by atoms with Crippen LogP contribution in [0.5, 0.6) is 0 Å². The normalized spacial score (nSPS) is 12.0.